The van der Waals surface area contributed by atoms with Crippen molar-refractivity contribution in [1.82, 2.24) is 15.3 Å². The van der Waals surface area contributed by atoms with Gasteiger partial charge in [-0.1, -0.05) is 19.3 Å². The predicted molar refractivity (Wildman–Crippen MR) is 77.8 cm³/mol. The van der Waals surface area contributed by atoms with Gasteiger partial charge in [0.1, 0.15) is 0 Å². The van der Waals surface area contributed by atoms with Crippen LogP contribution in [0.15, 0.2) is 12.4 Å². The van der Waals surface area contributed by atoms with Crippen molar-refractivity contribution in [2.75, 3.05) is 6.54 Å². The molecule has 1 saturated carbocycles. The molecule has 5 heteroatoms. The molecular weight excluding hydrogens is 252 g/mol. The number of aryl methyl sites for hydroxylation is 1. The number of nitrogens with one attached hydrogen (secondary N) is 1. The van der Waals surface area contributed by atoms with Gasteiger partial charge in [-0.15, -0.1) is 0 Å². The van der Waals surface area contributed by atoms with Gasteiger partial charge in [0.15, 0.2) is 0 Å². The van der Waals surface area contributed by atoms with Crippen LogP contribution in [0.25, 0.3) is 0 Å². The maximum Gasteiger partial charge on any atom is 0.220 e. The summed E-state index contributed by atoms with van der Waals surface area (Å²) in [5, 5.41) is 2.93. The van der Waals surface area contributed by atoms with Gasteiger partial charge in [0, 0.05) is 12.6 Å². The average molecular weight is 276 g/mol. The monoisotopic (exact) mass is 276 g/mol. The lowest BCUT2D eigenvalue weighted by molar-refractivity contribution is -0.124. The SMILES string of the molecule is Cc1cnc(CNC(=O)CC2(CN)CCCCC2)cn1. The first-order valence-electron chi connectivity index (χ1n) is 7.38. The Kier molecular flexibility index (Phi) is 5.06. The Morgan fingerprint density at radius 3 is 2.65 bits per heavy atom. The Morgan fingerprint density at radius 2 is 2.05 bits per heavy atom. The molecule has 1 aliphatic rings. The summed E-state index contributed by atoms with van der Waals surface area (Å²) in [4.78, 5) is 20.5. The lowest BCUT2D eigenvalue weighted by Crippen LogP contribution is -2.38. The summed E-state index contributed by atoms with van der Waals surface area (Å²) < 4.78 is 0. The Morgan fingerprint density at radius 1 is 1.30 bits per heavy atom. The van der Waals surface area contributed by atoms with E-state index in [1.54, 1.807) is 12.4 Å². The van der Waals surface area contributed by atoms with Crippen LogP contribution < -0.4 is 11.1 Å². The molecule has 0 saturated heterocycles. The molecule has 0 unspecified atom stereocenters. The van der Waals surface area contributed by atoms with Crippen molar-refractivity contribution in [3.8, 4) is 0 Å². The van der Waals surface area contributed by atoms with Crippen LogP contribution in [0.1, 0.15) is 49.9 Å². The summed E-state index contributed by atoms with van der Waals surface area (Å²) in [6.45, 7) is 2.93. The van der Waals surface area contributed by atoms with Crippen molar-refractivity contribution in [3.05, 3.63) is 23.8 Å². The van der Waals surface area contributed by atoms with Gasteiger partial charge in [-0.05, 0) is 31.7 Å². The predicted octanol–water partition coefficient (Wildman–Crippen LogP) is 1.70. The summed E-state index contributed by atoms with van der Waals surface area (Å²) >= 11 is 0. The smallest absolute Gasteiger partial charge is 0.220 e. The van der Waals surface area contributed by atoms with Crippen molar-refractivity contribution in [3.63, 3.8) is 0 Å². The molecule has 0 aromatic carbocycles. The topological polar surface area (TPSA) is 80.9 Å². The molecule has 20 heavy (non-hydrogen) atoms. The van der Waals surface area contributed by atoms with Gasteiger partial charge < -0.3 is 11.1 Å². The van der Waals surface area contributed by atoms with Gasteiger partial charge in [0.05, 0.1) is 24.1 Å². The highest BCUT2D eigenvalue weighted by atomic mass is 16.1. The Labute approximate surface area is 120 Å². The maximum atomic E-state index is 12.1. The molecule has 0 bridgehead atoms. The molecule has 110 valence electrons. The molecule has 1 amide bonds. The molecule has 0 atom stereocenters. The minimum absolute atomic E-state index is 0.0152. The number of hydrogen-bond donors (Lipinski definition) is 2. The number of carbonyl (C=O) groups excluding carboxylic acids is 1. The molecule has 1 aliphatic carbocycles. The molecule has 1 fully saturated rings. The van der Waals surface area contributed by atoms with E-state index in [4.69, 9.17) is 5.73 Å². The zero-order chi connectivity index (χ0) is 14.4. The lowest BCUT2D eigenvalue weighted by Gasteiger charge is -2.35. The van der Waals surface area contributed by atoms with Crippen molar-refractivity contribution in [2.24, 2.45) is 11.1 Å². The second-order valence-electron chi connectivity index (χ2n) is 5.87. The maximum absolute atomic E-state index is 12.1. The highest BCUT2D eigenvalue weighted by molar-refractivity contribution is 5.76. The van der Waals surface area contributed by atoms with Gasteiger partial charge in [-0.2, -0.15) is 0 Å². The van der Waals surface area contributed by atoms with Crippen LogP contribution in [-0.2, 0) is 11.3 Å². The van der Waals surface area contributed by atoms with Crippen molar-refractivity contribution in [1.29, 1.82) is 0 Å². The first kappa shape index (κ1) is 14.9. The van der Waals surface area contributed by atoms with E-state index in [1.165, 1.54) is 19.3 Å². The third-order valence-corrected chi connectivity index (χ3v) is 4.18. The van der Waals surface area contributed by atoms with E-state index in [2.05, 4.69) is 15.3 Å². The number of nitrogens with zero attached hydrogens (tertiary/aromatic N) is 2. The second kappa shape index (κ2) is 6.79. The fourth-order valence-electron chi connectivity index (χ4n) is 2.86. The Bertz CT molecular complexity index is 438. The minimum Gasteiger partial charge on any atom is -0.350 e. The zero-order valence-electron chi connectivity index (χ0n) is 12.2. The minimum atomic E-state index is 0.0152. The Balaban J connectivity index is 1.83. The number of nitrogens with two attached hydrogens (primary N) is 1. The summed E-state index contributed by atoms with van der Waals surface area (Å²) in [5.74, 6) is 0.0692. The fraction of sp³-hybridized carbons (Fsp3) is 0.667. The van der Waals surface area contributed by atoms with Gasteiger partial charge >= 0.3 is 0 Å². The van der Waals surface area contributed by atoms with E-state index >= 15 is 0 Å². The molecule has 0 radical (unpaired) electrons. The van der Waals surface area contributed by atoms with E-state index in [0.717, 1.165) is 24.2 Å². The van der Waals surface area contributed by atoms with Crippen LogP contribution in [0.2, 0.25) is 0 Å². The molecule has 0 spiro atoms. The summed E-state index contributed by atoms with van der Waals surface area (Å²) in [6.07, 6.45) is 9.73. The molecule has 1 aromatic heterocycles. The molecular formula is C15H24N4O. The van der Waals surface area contributed by atoms with E-state index < -0.39 is 0 Å². The third-order valence-electron chi connectivity index (χ3n) is 4.18. The van der Waals surface area contributed by atoms with Gasteiger partial charge in [0.2, 0.25) is 5.91 Å². The van der Waals surface area contributed by atoms with Crippen LogP contribution in [0.3, 0.4) is 0 Å². The number of amides is 1. The zero-order valence-corrected chi connectivity index (χ0v) is 12.2. The van der Waals surface area contributed by atoms with Crippen LogP contribution >= 0.6 is 0 Å². The quantitative estimate of drug-likeness (QED) is 0.857. The largest absolute Gasteiger partial charge is 0.350 e. The van der Waals surface area contributed by atoms with E-state index in [9.17, 15) is 4.79 Å². The summed E-state index contributed by atoms with van der Waals surface area (Å²) in [7, 11) is 0. The standard InChI is InChI=1S/C15H24N4O/c1-12-8-18-13(9-17-12)10-19-14(20)7-15(11-16)5-3-2-4-6-15/h8-9H,2-7,10-11,16H2,1H3,(H,19,20). The van der Waals surface area contributed by atoms with Crippen LogP contribution in [0.5, 0.6) is 0 Å². The molecule has 5 nitrogen and oxygen atoms in total. The van der Waals surface area contributed by atoms with Crippen molar-refractivity contribution in [2.45, 2.75) is 52.0 Å². The molecule has 2 rings (SSSR count). The second-order valence-corrected chi connectivity index (χ2v) is 5.87. The molecule has 1 aromatic rings. The number of aromatic nitrogens is 2. The van der Waals surface area contributed by atoms with Crippen molar-refractivity contribution >= 4 is 5.91 Å². The Hall–Kier alpha value is -1.49. The summed E-state index contributed by atoms with van der Waals surface area (Å²) in [6, 6.07) is 0. The van der Waals surface area contributed by atoms with Crippen molar-refractivity contribution < 1.29 is 4.79 Å². The van der Waals surface area contributed by atoms with Gasteiger partial charge in [-0.25, -0.2) is 0 Å². The van der Waals surface area contributed by atoms with Crippen LogP contribution in [0.4, 0.5) is 0 Å². The van der Waals surface area contributed by atoms with Crippen LogP contribution in [-0.4, -0.2) is 22.4 Å². The van der Waals surface area contributed by atoms with E-state index in [0.29, 0.717) is 19.5 Å². The van der Waals surface area contributed by atoms with E-state index in [-0.39, 0.29) is 11.3 Å². The normalized spacial score (nSPS) is 17.7. The van der Waals surface area contributed by atoms with Crippen LogP contribution in [0, 0.1) is 12.3 Å². The summed E-state index contributed by atoms with van der Waals surface area (Å²) in [5.41, 5.74) is 7.59. The highest BCUT2D eigenvalue weighted by Crippen LogP contribution is 2.38. The fourth-order valence-corrected chi connectivity index (χ4v) is 2.86. The van der Waals surface area contributed by atoms with Gasteiger partial charge in [0.25, 0.3) is 0 Å². The molecule has 1 heterocycles. The van der Waals surface area contributed by atoms with E-state index in [1.807, 2.05) is 6.92 Å². The number of hydrogen-bond acceptors (Lipinski definition) is 4. The van der Waals surface area contributed by atoms with Gasteiger partial charge in [-0.3, -0.25) is 14.8 Å². The first-order chi connectivity index (χ1) is 9.63. The first-order valence-corrected chi connectivity index (χ1v) is 7.38. The number of rotatable bonds is 5. The number of carbonyl (C=O) groups is 1. The molecule has 0 aliphatic heterocycles. The third kappa shape index (κ3) is 4.00. The molecule has 3 N–H and O–H groups in total. The highest BCUT2D eigenvalue weighted by Gasteiger charge is 2.32. The lowest BCUT2D eigenvalue weighted by atomic mass is 9.71. The average Bonchev–Trinajstić information content (AvgIpc) is 2.47.